The van der Waals surface area contributed by atoms with Gasteiger partial charge in [-0.25, -0.2) is 9.50 Å². The molecule has 0 atom stereocenters. The highest BCUT2D eigenvalue weighted by atomic mass is 32.2. The lowest BCUT2D eigenvalue weighted by atomic mass is 10.1. The number of thioether (sulfide) groups is 1. The Morgan fingerprint density at radius 3 is 2.91 bits per heavy atom. The average molecular weight is 328 g/mol. The molecule has 0 saturated heterocycles. The Kier molecular flexibility index (Phi) is 3.82. The molecule has 0 radical (unpaired) electrons. The fraction of sp³-hybridized carbons (Fsp3) is 0.250. The molecule has 0 spiro atoms. The number of hydrogen-bond acceptors (Lipinski definition) is 5. The molecular weight excluding hydrogens is 312 g/mol. The lowest BCUT2D eigenvalue weighted by Crippen LogP contribution is -2.26. The van der Waals surface area contributed by atoms with Crippen molar-refractivity contribution in [1.29, 1.82) is 0 Å². The summed E-state index contributed by atoms with van der Waals surface area (Å²) in [4.78, 5) is 7.05. The van der Waals surface area contributed by atoms with E-state index in [1.807, 2.05) is 16.8 Å². The van der Waals surface area contributed by atoms with Crippen LogP contribution in [0.25, 0.3) is 5.65 Å². The number of hydrogen-bond donors (Lipinski definition) is 1. The molecule has 0 amide bonds. The predicted octanol–water partition coefficient (Wildman–Crippen LogP) is 3.25. The Hall–Kier alpha value is -1.50. The van der Waals surface area contributed by atoms with Gasteiger partial charge in [0.25, 0.3) is 0 Å². The third-order valence-electron chi connectivity index (χ3n) is 3.77. The van der Waals surface area contributed by atoms with Crippen LogP contribution in [0.1, 0.15) is 11.3 Å². The van der Waals surface area contributed by atoms with Crippen LogP contribution in [-0.2, 0) is 13.0 Å². The molecule has 0 bridgehead atoms. The van der Waals surface area contributed by atoms with Crippen LogP contribution < -0.4 is 5.32 Å². The molecule has 0 unspecified atom stereocenters. The Labute approximate surface area is 137 Å². The quantitative estimate of drug-likeness (QED) is 0.748. The van der Waals surface area contributed by atoms with Crippen molar-refractivity contribution in [2.24, 2.45) is 0 Å². The maximum Gasteiger partial charge on any atom is 0.170 e. The summed E-state index contributed by atoms with van der Waals surface area (Å²) in [7, 11) is 0. The SMILES string of the molecule is CSc1nn2c3c(cnc2c1Sc1ccccc1)CNCC3. The van der Waals surface area contributed by atoms with Gasteiger partial charge in [0.15, 0.2) is 5.65 Å². The van der Waals surface area contributed by atoms with Gasteiger partial charge in [0.05, 0.1) is 10.6 Å². The molecule has 1 aromatic carbocycles. The Morgan fingerprint density at radius 2 is 2.09 bits per heavy atom. The topological polar surface area (TPSA) is 42.2 Å². The van der Waals surface area contributed by atoms with Crippen LogP contribution in [0, 0.1) is 0 Å². The molecular formula is C16H16N4S2. The summed E-state index contributed by atoms with van der Waals surface area (Å²) in [6.45, 7) is 1.88. The van der Waals surface area contributed by atoms with Crippen LogP contribution in [0.5, 0.6) is 0 Å². The minimum absolute atomic E-state index is 0.883. The second-order valence-corrected chi connectivity index (χ2v) is 7.02. The monoisotopic (exact) mass is 328 g/mol. The van der Waals surface area contributed by atoms with Crippen LogP contribution in [0.2, 0.25) is 0 Å². The first-order valence-corrected chi connectivity index (χ1v) is 9.28. The van der Waals surface area contributed by atoms with E-state index in [-0.39, 0.29) is 0 Å². The van der Waals surface area contributed by atoms with Gasteiger partial charge in [-0.3, -0.25) is 0 Å². The Balaban J connectivity index is 1.86. The van der Waals surface area contributed by atoms with Gasteiger partial charge in [0, 0.05) is 36.2 Å². The van der Waals surface area contributed by atoms with Crippen LogP contribution in [0.15, 0.2) is 51.3 Å². The van der Waals surface area contributed by atoms with E-state index in [1.54, 1.807) is 23.5 Å². The summed E-state index contributed by atoms with van der Waals surface area (Å²) < 4.78 is 2.05. The largest absolute Gasteiger partial charge is 0.312 e. The lowest BCUT2D eigenvalue weighted by molar-refractivity contribution is 0.607. The van der Waals surface area contributed by atoms with Crippen molar-refractivity contribution < 1.29 is 0 Å². The number of nitrogens with one attached hydrogen (secondary N) is 1. The third kappa shape index (κ3) is 2.41. The minimum atomic E-state index is 0.883. The van der Waals surface area contributed by atoms with E-state index in [1.165, 1.54) is 16.2 Å². The second kappa shape index (κ2) is 5.95. The van der Waals surface area contributed by atoms with E-state index in [9.17, 15) is 0 Å². The first kappa shape index (κ1) is 14.1. The molecule has 4 rings (SSSR count). The molecule has 1 N–H and O–H groups in total. The molecule has 3 aromatic rings. The van der Waals surface area contributed by atoms with Crippen LogP contribution in [0.4, 0.5) is 0 Å². The number of fused-ring (bicyclic) bond motifs is 3. The van der Waals surface area contributed by atoms with Crippen LogP contribution in [-0.4, -0.2) is 27.4 Å². The van der Waals surface area contributed by atoms with Gasteiger partial charge < -0.3 is 5.32 Å². The van der Waals surface area contributed by atoms with Gasteiger partial charge in [-0.05, 0) is 18.4 Å². The van der Waals surface area contributed by atoms with Crippen molar-refractivity contribution in [2.75, 3.05) is 12.8 Å². The van der Waals surface area contributed by atoms with E-state index in [4.69, 9.17) is 5.10 Å². The van der Waals surface area contributed by atoms with E-state index < -0.39 is 0 Å². The van der Waals surface area contributed by atoms with E-state index in [2.05, 4.69) is 40.8 Å². The maximum atomic E-state index is 4.81. The molecule has 0 saturated carbocycles. The normalized spacial score (nSPS) is 14.2. The van der Waals surface area contributed by atoms with E-state index in [0.717, 1.165) is 35.1 Å². The van der Waals surface area contributed by atoms with Gasteiger partial charge in [0.2, 0.25) is 0 Å². The van der Waals surface area contributed by atoms with Crippen molar-refractivity contribution in [2.45, 2.75) is 27.8 Å². The van der Waals surface area contributed by atoms with Gasteiger partial charge in [0.1, 0.15) is 5.03 Å². The van der Waals surface area contributed by atoms with Crippen molar-refractivity contribution in [3.8, 4) is 0 Å². The standard InChI is InChI=1S/C16H16N4S2/c1-21-16-14(22-12-5-3-2-4-6-12)15-18-10-11-9-17-8-7-13(11)20(15)19-16/h2-6,10,17H,7-9H2,1H3. The van der Waals surface area contributed by atoms with Gasteiger partial charge in [-0.2, -0.15) is 5.10 Å². The summed E-state index contributed by atoms with van der Waals surface area (Å²) in [5, 5.41) is 9.25. The molecule has 1 aliphatic heterocycles. The lowest BCUT2D eigenvalue weighted by Gasteiger charge is -2.17. The van der Waals surface area contributed by atoms with Crippen LogP contribution in [0.3, 0.4) is 0 Å². The summed E-state index contributed by atoms with van der Waals surface area (Å²) in [6, 6.07) is 10.4. The minimum Gasteiger partial charge on any atom is -0.312 e. The molecule has 2 aromatic heterocycles. The average Bonchev–Trinajstić information content (AvgIpc) is 2.94. The van der Waals surface area contributed by atoms with Crippen molar-refractivity contribution in [3.05, 3.63) is 47.8 Å². The first-order valence-electron chi connectivity index (χ1n) is 7.24. The van der Waals surface area contributed by atoms with Gasteiger partial charge in [-0.1, -0.05) is 30.0 Å². The summed E-state index contributed by atoms with van der Waals surface area (Å²) in [5.41, 5.74) is 3.52. The summed E-state index contributed by atoms with van der Waals surface area (Å²) >= 11 is 3.43. The number of aromatic nitrogens is 3. The molecule has 112 valence electrons. The van der Waals surface area contributed by atoms with Gasteiger partial charge in [-0.15, -0.1) is 11.8 Å². The van der Waals surface area contributed by atoms with Crippen molar-refractivity contribution in [1.82, 2.24) is 19.9 Å². The molecule has 4 nitrogen and oxygen atoms in total. The fourth-order valence-corrected chi connectivity index (χ4v) is 4.40. The molecule has 0 aliphatic carbocycles. The highest BCUT2D eigenvalue weighted by Crippen LogP contribution is 2.37. The summed E-state index contributed by atoms with van der Waals surface area (Å²) in [6.07, 6.45) is 5.07. The second-order valence-electron chi connectivity index (χ2n) is 5.15. The molecule has 6 heteroatoms. The smallest absolute Gasteiger partial charge is 0.170 e. The zero-order valence-corrected chi connectivity index (χ0v) is 13.9. The maximum absolute atomic E-state index is 4.81. The Bertz CT molecular complexity index is 814. The zero-order valence-electron chi connectivity index (χ0n) is 12.2. The van der Waals surface area contributed by atoms with Crippen molar-refractivity contribution in [3.63, 3.8) is 0 Å². The molecule has 3 heterocycles. The highest BCUT2D eigenvalue weighted by molar-refractivity contribution is 8.02. The zero-order chi connectivity index (χ0) is 14.9. The number of rotatable bonds is 3. The van der Waals surface area contributed by atoms with Crippen molar-refractivity contribution >= 4 is 29.2 Å². The molecule has 1 aliphatic rings. The summed E-state index contributed by atoms with van der Waals surface area (Å²) in [5.74, 6) is 0. The Morgan fingerprint density at radius 1 is 1.23 bits per heavy atom. The number of benzene rings is 1. The fourth-order valence-electron chi connectivity index (χ4n) is 2.70. The third-order valence-corrected chi connectivity index (χ3v) is 5.66. The predicted molar refractivity (Wildman–Crippen MR) is 90.7 cm³/mol. The van der Waals surface area contributed by atoms with Gasteiger partial charge >= 0.3 is 0 Å². The number of nitrogens with zero attached hydrogens (tertiary/aromatic N) is 3. The first-order chi connectivity index (χ1) is 10.9. The molecule has 0 fully saturated rings. The molecule has 22 heavy (non-hydrogen) atoms. The van der Waals surface area contributed by atoms with E-state index >= 15 is 0 Å². The van der Waals surface area contributed by atoms with E-state index in [0.29, 0.717) is 0 Å². The van der Waals surface area contributed by atoms with Crippen LogP contribution >= 0.6 is 23.5 Å². The highest BCUT2D eigenvalue weighted by Gasteiger charge is 2.20.